The molecule has 12 heavy (non-hydrogen) atoms. The molecule has 0 bridgehead atoms. The van der Waals surface area contributed by atoms with E-state index in [-0.39, 0.29) is 0 Å². The first-order chi connectivity index (χ1) is 5.81. The predicted octanol–water partition coefficient (Wildman–Crippen LogP) is 3.06. The Morgan fingerprint density at radius 1 is 1.67 bits per heavy atom. The zero-order chi connectivity index (χ0) is 8.55. The van der Waals surface area contributed by atoms with Crippen molar-refractivity contribution in [1.82, 2.24) is 0 Å². The lowest BCUT2D eigenvalue weighted by molar-refractivity contribution is 0.598. The SMILES string of the molecule is CC1CCCc2sc(C#N)cc21. The van der Waals surface area contributed by atoms with E-state index < -0.39 is 0 Å². The van der Waals surface area contributed by atoms with Crippen LogP contribution in [0.2, 0.25) is 0 Å². The predicted molar refractivity (Wildman–Crippen MR) is 50.4 cm³/mol. The number of rotatable bonds is 0. The van der Waals surface area contributed by atoms with Crippen LogP contribution in [-0.4, -0.2) is 0 Å². The van der Waals surface area contributed by atoms with Crippen molar-refractivity contribution in [1.29, 1.82) is 5.26 Å². The summed E-state index contributed by atoms with van der Waals surface area (Å²) >= 11 is 1.68. The van der Waals surface area contributed by atoms with Gasteiger partial charge in [-0.3, -0.25) is 0 Å². The van der Waals surface area contributed by atoms with Crippen molar-refractivity contribution in [3.05, 3.63) is 21.4 Å². The van der Waals surface area contributed by atoms with E-state index in [0.717, 1.165) is 4.88 Å². The Balaban J connectivity index is 2.45. The monoisotopic (exact) mass is 177 g/mol. The standard InChI is InChI=1S/C10H11NS/c1-7-3-2-4-10-9(7)5-8(6-11)12-10/h5,7H,2-4H2,1H3. The van der Waals surface area contributed by atoms with Gasteiger partial charge in [-0.25, -0.2) is 0 Å². The largest absolute Gasteiger partial charge is 0.192 e. The van der Waals surface area contributed by atoms with E-state index >= 15 is 0 Å². The van der Waals surface area contributed by atoms with Crippen LogP contribution in [0.1, 0.15) is 41.0 Å². The zero-order valence-electron chi connectivity index (χ0n) is 7.13. The van der Waals surface area contributed by atoms with Crippen molar-refractivity contribution in [2.24, 2.45) is 0 Å². The van der Waals surface area contributed by atoms with E-state index in [1.165, 1.54) is 29.7 Å². The molecule has 1 nitrogen and oxygen atoms in total. The van der Waals surface area contributed by atoms with Crippen LogP contribution < -0.4 is 0 Å². The van der Waals surface area contributed by atoms with Crippen molar-refractivity contribution < 1.29 is 0 Å². The van der Waals surface area contributed by atoms with Gasteiger partial charge in [0.15, 0.2) is 0 Å². The highest BCUT2D eigenvalue weighted by Crippen LogP contribution is 2.36. The first-order valence-electron chi connectivity index (χ1n) is 4.34. The number of nitriles is 1. The van der Waals surface area contributed by atoms with Crippen molar-refractivity contribution in [3.8, 4) is 6.07 Å². The third-order valence-electron chi connectivity index (χ3n) is 2.52. The summed E-state index contributed by atoms with van der Waals surface area (Å²) in [6, 6.07) is 4.30. The molecule has 1 unspecified atom stereocenters. The molecule has 1 aliphatic rings. The van der Waals surface area contributed by atoms with Gasteiger partial charge >= 0.3 is 0 Å². The second kappa shape index (κ2) is 2.91. The van der Waals surface area contributed by atoms with Crippen LogP contribution in [0.25, 0.3) is 0 Å². The molecule has 62 valence electrons. The molecule has 0 aliphatic heterocycles. The summed E-state index contributed by atoms with van der Waals surface area (Å²) in [5.41, 5.74) is 1.43. The highest BCUT2D eigenvalue weighted by molar-refractivity contribution is 7.12. The van der Waals surface area contributed by atoms with Crippen molar-refractivity contribution in [2.45, 2.75) is 32.1 Å². The molecule has 1 aromatic heterocycles. The van der Waals surface area contributed by atoms with Gasteiger partial charge in [-0.15, -0.1) is 11.3 Å². The summed E-state index contributed by atoms with van der Waals surface area (Å²) in [6.45, 7) is 2.26. The number of aryl methyl sites for hydroxylation is 1. The first-order valence-corrected chi connectivity index (χ1v) is 5.15. The van der Waals surface area contributed by atoms with E-state index in [4.69, 9.17) is 5.26 Å². The average Bonchev–Trinajstić information content (AvgIpc) is 2.49. The maximum atomic E-state index is 8.73. The molecule has 1 aliphatic carbocycles. The fourth-order valence-corrected chi connectivity index (χ4v) is 2.96. The smallest absolute Gasteiger partial charge is 0.110 e. The number of fused-ring (bicyclic) bond motifs is 1. The Bertz CT molecular complexity index is 332. The highest BCUT2D eigenvalue weighted by Gasteiger charge is 2.18. The number of hydrogen-bond acceptors (Lipinski definition) is 2. The van der Waals surface area contributed by atoms with Crippen molar-refractivity contribution >= 4 is 11.3 Å². The van der Waals surface area contributed by atoms with Crippen LogP contribution in [-0.2, 0) is 6.42 Å². The minimum absolute atomic E-state index is 0.673. The van der Waals surface area contributed by atoms with E-state index in [0.29, 0.717) is 5.92 Å². The van der Waals surface area contributed by atoms with Gasteiger partial charge in [-0.2, -0.15) is 5.26 Å². The molecule has 0 spiro atoms. The molecule has 0 aromatic carbocycles. The summed E-state index contributed by atoms with van der Waals surface area (Å²) in [7, 11) is 0. The second-order valence-corrected chi connectivity index (χ2v) is 4.53. The summed E-state index contributed by atoms with van der Waals surface area (Å²) in [4.78, 5) is 2.33. The topological polar surface area (TPSA) is 23.8 Å². The van der Waals surface area contributed by atoms with Crippen LogP contribution in [0.4, 0.5) is 0 Å². The average molecular weight is 177 g/mol. The maximum absolute atomic E-state index is 8.73. The summed E-state index contributed by atoms with van der Waals surface area (Å²) in [5.74, 6) is 0.673. The maximum Gasteiger partial charge on any atom is 0.110 e. The van der Waals surface area contributed by atoms with Crippen molar-refractivity contribution in [3.63, 3.8) is 0 Å². The molecule has 1 heterocycles. The Morgan fingerprint density at radius 2 is 2.50 bits per heavy atom. The normalized spacial score (nSPS) is 21.5. The zero-order valence-corrected chi connectivity index (χ0v) is 7.95. The molecule has 0 radical (unpaired) electrons. The lowest BCUT2D eigenvalue weighted by Crippen LogP contribution is -2.02. The Labute approximate surface area is 76.6 Å². The van der Waals surface area contributed by atoms with E-state index in [1.807, 2.05) is 0 Å². The van der Waals surface area contributed by atoms with Gasteiger partial charge in [0, 0.05) is 4.88 Å². The van der Waals surface area contributed by atoms with Crippen LogP contribution in [0.15, 0.2) is 6.07 Å². The van der Waals surface area contributed by atoms with Crippen LogP contribution in [0.5, 0.6) is 0 Å². The molecule has 1 aromatic rings. The first kappa shape index (κ1) is 7.82. The van der Waals surface area contributed by atoms with Crippen molar-refractivity contribution in [2.75, 3.05) is 0 Å². The quantitative estimate of drug-likeness (QED) is 0.597. The summed E-state index contributed by atoms with van der Waals surface area (Å²) in [6.07, 6.45) is 3.76. The third kappa shape index (κ3) is 1.15. The third-order valence-corrected chi connectivity index (χ3v) is 3.64. The minimum atomic E-state index is 0.673. The molecule has 0 N–H and O–H groups in total. The molecule has 2 heteroatoms. The second-order valence-electron chi connectivity index (χ2n) is 3.39. The Hall–Kier alpha value is -0.810. The van der Waals surface area contributed by atoms with Gasteiger partial charge in [0.05, 0.1) is 0 Å². The molecular weight excluding hydrogens is 166 g/mol. The van der Waals surface area contributed by atoms with E-state index in [1.54, 1.807) is 11.3 Å². The molecule has 2 rings (SSSR count). The van der Waals surface area contributed by atoms with Gasteiger partial charge in [0.2, 0.25) is 0 Å². The molecular formula is C10H11NS. The fourth-order valence-electron chi connectivity index (χ4n) is 1.83. The van der Waals surface area contributed by atoms with Crippen LogP contribution >= 0.6 is 11.3 Å². The minimum Gasteiger partial charge on any atom is -0.192 e. The van der Waals surface area contributed by atoms with Crippen LogP contribution in [0, 0.1) is 11.3 Å². The Morgan fingerprint density at radius 3 is 3.17 bits per heavy atom. The van der Waals surface area contributed by atoms with Gasteiger partial charge in [-0.05, 0) is 36.8 Å². The lowest BCUT2D eigenvalue weighted by atomic mass is 9.89. The summed E-state index contributed by atoms with van der Waals surface area (Å²) in [5, 5.41) is 8.73. The van der Waals surface area contributed by atoms with Gasteiger partial charge in [-0.1, -0.05) is 6.92 Å². The van der Waals surface area contributed by atoms with Crippen LogP contribution in [0.3, 0.4) is 0 Å². The number of hydrogen-bond donors (Lipinski definition) is 0. The van der Waals surface area contributed by atoms with Gasteiger partial charge in [0.1, 0.15) is 10.9 Å². The highest BCUT2D eigenvalue weighted by atomic mass is 32.1. The molecule has 0 saturated heterocycles. The lowest BCUT2D eigenvalue weighted by Gasteiger charge is -2.17. The number of thiophene rings is 1. The van der Waals surface area contributed by atoms with E-state index in [2.05, 4.69) is 19.1 Å². The van der Waals surface area contributed by atoms with E-state index in [9.17, 15) is 0 Å². The molecule has 0 saturated carbocycles. The fraction of sp³-hybridized carbons (Fsp3) is 0.500. The molecule has 0 amide bonds. The Kier molecular flexibility index (Phi) is 1.90. The van der Waals surface area contributed by atoms with Gasteiger partial charge in [0.25, 0.3) is 0 Å². The number of nitrogens with zero attached hydrogens (tertiary/aromatic N) is 1. The molecule has 0 fully saturated rings. The van der Waals surface area contributed by atoms with Gasteiger partial charge < -0.3 is 0 Å². The molecule has 1 atom stereocenters. The summed E-state index contributed by atoms with van der Waals surface area (Å²) < 4.78 is 0.